The molecule has 0 aromatic heterocycles. The lowest BCUT2D eigenvalue weighted by atomic mass is 9.71. The minimum atomic E-state index is -1.89. The number of carbonyl (C=O) groups excluding carboxylic acids is 2. The Kier molecular flexibility index (Phi) is 9.61. The van der Waals surface area contributed by atoms with Crippen molar-refractivity contribution < 1.29 is 52.6 Å². The first-order chi connectivity index (χ1) is 24.1. The third-order valence-corrected chi connectivity index (χ3v) is 9.15. The van der Waals surface area contributed by atoms with Gasteiger partial charge in [0.15, 0.2) is 29.1 Å². The minimum Gasteiger partial charge on any atom is -0.493 e. The molecule has 50 heavy (non-hydrogen) atoms. The Balaban J connectivity index is 1.65. The quantitative estimate of drug-likeness (QED) is 0.149. The lowest BCUT2D eigenvalue weighted by Crippen LogP contribution is -2.46. The summed E-state index contributed by atoms with van der Waals surface area (Å²) in [5.74, 6) is -0.735. The van der Waals surface area contributed by atoms with Gasteiger partial charge in [-0.3, -0.25) is 0 Å². The molecule has 2 aliphatic rings. The maximum atomic E-state index is 13.8. The Morgan fingerprint density at radius 2 is 1.44 bits per heavy atom. The summed E-state index contributed by atoms with van der Waals surface area (Å²) >= 11 is 0. The Bertz CT molecular complexity index is 1920. The van der Waals surface area contributed by atoms with Gasteiger partial charge >= 0.3 is 11.9 Å². The Morgan fingerprint density at radius 1 is 0.800 bits per heavy atom. The van der Waals surface area contributed by atoms with Crippen molar-refractivity contribution in [1.82, 2.24) is 0 Å². The van der Waals surface area contributed by atoms with Crippen LogP contribution in [0.25, 0.3) is 17.2 Å². The maximum Gasteiger partial charge on any atom is 0.338 e. The van der Waals surface area contributed by atoms with E-state index in [1.165, 1.54) is 41.4 Å². The van der Waals surface area contributed by atoms with E-state index >= 15 is 0 Å². The summed E-state index contributed by atoms with van der Waals surface area (Å²) in [6.45, 7) is 3.16. The molecule has 4 atom stereocenters. The van der Waals surface area contributed by atoms with Crippen LogP contribution < -0.4 is 28.4 Å². The number of carbonyl (C=O) groups is 2. The molecule has 11 heteroatoms. The molecule has 0 spiro atoms. The van der Waals surface area contributed by atoms with Crippen LogP contribution in [-0.2, 0) is 14.3 Å². The van der Waals surface area contributed by atoms with Crippen LogP contribution >= 0.6 is 0 Å². The number of ether oxygens (including phenoxy) is 8. The first-order valence-corrected chi connectivity index (χ1v) is 15.9. The molecule has 0 bridgehead atoms. The lowest BCUT2D eigenvalue weighted by Gasteiger charge is -2.43. The predicted octanol–water partition coefficient (Wildman–Crippen LogP) is 6.71. The Morgan fingerprint density at radius 3 is 2.08 bits per heavy atom. The fraction of sp³-hybridized carbons (Fsp3) is 0.282. The van der Waals surface area contributed by atoms with Crippen molar-refractivity contribution in [3.05, 3.63) is 101 Å². The van der Waals surface area contributed by atoms with Crippen LogP contribution in [0, 0.1) is 5.92 Å². The third-order valence-electron chi connectivity index (χ3n) is 9.15. The monoisotopic (exact) mass is 682 g/mol. The van der Waals surface area contributed by atoms with Gasteiger partial charge in [-0.05, 0) is 42.8 Å². The van der Waals surface area contributed by atoms with Crippen LogP contribution in [0.15, 0.2) is 78.9 Å². The van der Waals surface area contributed by atoms with Gasteiger partial charge in [-0.25, -0.2) is 9.59 Å². The molecule has 0 fully saturated rings. The van der Waals surface area contributed by atoms with Crippen LogP contribution in [-0.4, -0.2) is 57.9 Å². The van der Waals surface area contributed by atoms with Crippen LogP contribution in [0.2, 0.25) is 0 Å². The van der Waals surface area contributed by atoms with E-state index in [2.05, 4.69) is 0 Å². The van der Waals surface area contributed by atoms with E-state index in [9.17, 15) is 14.7 Å². The highest BCUT2D eigenvalue weighted by Crippen LogP contribution is 2.61. The molecular formula is C39H38O11. The topological polar surface area (TPSA) is 128 Å². The summed E-state index contributed by atoms with van der Waals surface area (Å²) in [4.78, 5) is 27.4. The van der Waals surface area contributed by atoms with Crippen molar-refractivity contribution in [3.63, 3.8) is 0 Å². The fourth-order valence-electron chi connectivity index (χ4n) is 6.47. The highest BCUT2D eigenvalue weighted by molar-refractivity contribution is 5.92. The van der Waals surface area contributed by atoms with Crippen LogP contribution in [0.1, 0.15) is 53.1 Å². The zero-order chi connectivity index (χ0) is 35.6. The molecule has 0 radical (unpaired) electrons. The van der Waals surface area contributed by atoms with Gasteiger partial charge in [0.25, 0.3) is 0 Å². The normalized spacial score (nSPS) is 20.5. The molecule has 1 N–H and O–H groups in total. The molecule has 0 unspecified atom stereocenters. The maximum absolute atomic E-state index is 13.8. The van der Waals surface area contributed by atoms with Gasteiger partial charge in [-0.1, -0.05) is 55.5 Å². The molecule has 0 amide bonds. The summed E-state index contributed by atoms with van der Waals surface area (Å²) in [5, 5.41) is 12.6. The summed E-state index contributed by atoms with van der Waals surface area (Å²) in [6.07, 6.45) is 0.369. The molecule has 0 saturated heterocycles. The minimum absolute atomic E-state index is 0.0831. The number of esters is 2. The second-order valence-electron chi connectivity index (χ2n) is 12.0. The number of rotatable bonds is 9. The number of hydrogen-bond donors (Lipinski definition) is 1. The first-order valence-electron chi connectivity index (χ1n) is 15.9. The second-order valence-corrected chi connectivity index (χ2v) is 12.0. The van der Waals surface area contributed by atoms with E-state index in [4.69, 9.17) is 37.9 Å². The molecule has 1 heterocycles. The molecule has 1 aliphatic carbocycles. The van der Waals surface area contributed by atoms with Crippen LogP contribution in [0.3, 0.4) is 0 Å². The second kappa shape index (κ2) is 14.0. The van der Waals surface area contributed by atoms with Gasteiger partial charge in [-0.2, -0.15) is 0 Å². The van der Waals surface area contributed by atoms with E-state index < -0.39 is 35.7 Å². The molecule has 4 aromatic carbocycles. The van der Waals surface area contributed by atoms with Crippen LogP contribution in [0.4, 0.5) is 0 Å². The van der Waals surface area contributed by atoms with Gasteiger partial charge in [0.05, 0.1) is 34.0 Å². The Hall–Kier alpha value is -5.68. The van der Waals surface area contributed by atoms with Gasteiger partial charge < -0.3 is 43.0 Å². The van der Waals surface area contributed by atoms with Crippen molar-refractivity contribution in [2.24, 2.45) is 5.92 Å². The standard InChI is InChI=1S/C39H38O11/c1-22-32(50-38(41)24-15-11-8-12-16-24)25-19-28-34(48-21-47-28)36(46-6)30(25)31-26(20-27(43-3)33(44-4)35(31)45-5)37(39(22,2)42)49-29(40)18-17-23-13-9-7-10-14-23/h7-20,22,32,37,42H,21H2,1-6H3/b18-17+/t22-,32+,37-,39-/m0/s1. The number of hydrogen-bond acceptors (Lipinski definition) is 11. The van der Waals surface area contributed by atoms with E-state index in [1.54, 1.807) is 55.5 Å². The van der Waals surface area contributed by atoms with Gasteiger partial charge in [0.1, 0.15) is 11.7 Å². The highest BCUT2D eigenvalue weighted by Gasteiger charge is 2.51. The number of methoxy groups -OCH3 is 4. The predicted molar refractivity (Wildman–Crippen MR) is 183 cm³/mol. The summed E-state index contributed by atoms with van der Waals surface area (Å²) in [5.41, 5.74) is 0.630. The van der Waals surface area contributed by atoms with E-state index in [-0.39, 0.29) is 29.8 Å². The zero-order valence-electron chi connectivity index (χ0n) is 28.6. The third kappa shape index (κ3) is 6.05. The summed E-state index contributed by atoms with van der Waals surface area (Å²) < 4.78 is 47.7. The fourth-order valence-corrected chi connectivity index (χ4v) is 6.47. The molecule has 4 aromatic rings. The van der Waals surface area contributed by atoms with E-state index in [1.807, 2.05) is 30.3 Å². The zero-order valence-corrected chi connectivity index (χ0v) is 28.6. The largest absolute Gasteiger partial charge is 0.493 e. The van der Waals surface area contributed by atoms with Crippen molar-refractivity contribution in [2.45, 2.75) is 31.7 Å². The van der Waals surface area contributed by atoms with E-state index in [0.717, 1.165) is 5.56 Å². The highest BCUT2D eigenvalue weighted by atomic mass is 16.7. The molecule has 6 rings (SSSR count). The Labute approximate surface area is 289 Å². The van der Waals surface area contributed by atoms with Crippen LogP contribution in [0.5, 0.6) is 34.5 Å². The van der Waals surface area contributed by atoms with Gasteiger partial charge in [-0.15, -0.1) is 0 Å². The first kappa shape index (κ1) is 34.2. The number of aliphatic hydroxyl groups is 1. The molecule has 1 aliphatic heterocycles. The number of fused-ring (bicyclic) bond motifs is 4. The molecular weight excluding hydrogens is 644 g/mol. The summed E-state index contributed by atoms with van der Waals surface area (Å²) in [6, 6.07) is 21.1. The van der Waals surface area contributed by atoms with Crippen molar-refractivity contribution in [2.75, 3.05) is 35.2 Å². The summed E-state index contributed by atoms with van der Waals surface area (Å²) in [7, 11) is 5.84. The molecule has 11 nitrogen and oxygen atoms in total. The average molecular weight is 683 g/mol. The van der Waals surface area contributed by atoms with Crippen molar-refractivity contribution in [1.29, 1.82) is 0 Å². The molecule has 0 saturated carbocycles. The number of benzene rings is 4. The van der Waals surface area contributed by atoms with Crippen molar-refractivity contribution >= 4 is 18.0 Å². The molecule has 260 valence electrons. The average Bonchev–Trinajstić information content (AvgIpc) is 3.62. The smallest absolute Gasteiger partial charge is 0.338 e. The van der Waals surface area contributed by atoms with E-state index in [0.29, 0.717) is 39.3 Å². The van der Waals surface area contributed by atoms with Gasteiger partial charge in [0, 0.05) is 34.2 Å². The SMILES string of the molecule is COc1cc2c(c(OC)c1OC)-c1c(cc3c(c1OC)OCO3)[C@H](OC(=O)c1ccccc1)[C@H](C)[C@](C)(O)[C@H]2OC(=O)/C=C/c1ccccc1. The van der Waals surface area contributed by atoms with Gasteiger partial charge in [0.2, 0.25) is 18.3 Å². The van der Waals surface area contributed by atoms with Crippen molar-refractivity contribution in [3.8, 4) is 45.6 Å². The lowest BCUT2D eigenvalue weighted by molar-refractivity contribution is -0.173.